The predicted octanol–water partition coefficient (Wildman–Crippen LogP) is 5.21. The minimum absolute atomic E-state index is 0.0928. The quantitative estimate of drug-likeness (QED) is 0.350. The number of aromatic nitrogens is 6. The summed E-state index contributed by atoms with van der Waals surface area (Å²) in [7, 11) is 0. The number of carbonyl (C=O) groups excluding carboxylic acids is 1. The van der Waals surface area contributed by atoms with Gasteiger partial charge < -0.3 is 4.98 Å². The predicted molar refractivity (Wildman–Crippen MR) is 126 cm³/mol. The molecule has 0 aliphatic heterocycles. The van der Waals surface area contributed by atoms with Gasteiger partial charge in [-0.15, -0.1) is 0 Å². The molecule has 0 radical (unpaired) electrons. The second kappa shape index (κ2) is 8.57. The maximum Gasteiger partial charge on any atom is 0.179 e. The van der Waals surface area contributed by atoms with E-state index < -0.39 is 0 Å². The van der Waals surface area contributed by atoms with Crippen molar-refractivity contribution >= 4 is 40.3 Å². The number of thioether (sulfide) groups is 1. The van der Waals surface area contributed by atoms with Crippen molar-refractivity contribution in [3.05, 3.63) is 72.3 Å². The summed E-state index contributed by atoms with van der Waals surface area (Å²) >= 11 is 7.87. The molecule has 0 fully saturated rings. The Hall–Kier alpha value is -3.49. The standard InChI is InChI=1S/C23H17ClN6OS/c1-14(31)11-32-23-27-20-10-19(24)21(28-22(20)29-23)17-4-2-15(3-5-17)16-6-8-18(9-7-16)30-13-25-12-26-30/h2-10,12-13H,11H2,1H3,(H,27,28,29). The second-order valence-electron chi connectivity index (χ2n) is 7.19. The van der Waals surface area contributed by atoms with E-state index in [1.807, 2.05) is 54.6 Å². The van der Waals surface area contributed by atoms with Gasteiger partial charge >= 0.3 is 0 Å². The number of hydrogen-bond acceptors (Lipinski definition) is 6. The van der Waals surface area contributed by atoms with Crippen molar-refractivity contribution in [1.82, 2.24) is 29.7 Å². The maximum absolute atomic E-state index is 11.2. The zero-order valence-corrected chi connectivity index (χ0v) is 18.6. The second-order valence-corrected chi connectivity index (χ2v) is 8.56. The number of benzene rings is 2. The van der Waals surface area contributed by atoms with Crippen LogP contribution in [-0.4, -0.2) is 41.3 Å². The summed E-state index contributed by atoms with van der Waals surface area (Å²) in [6.45, 7) is 1.55. The molecule has 0 amide bonds. The molecule has 32 heavy (non-hydrogen) atoms. The van der Waals surface area contributed by atoms with Crippen molar-refractivity contribution in [2.45, 2.75) is 12.1 Å². The number of nitrogens with zero attached hydrogens (tertiary/aromatic N) is 5. The van der Waals surface area contributed by atoms with Gasteiger partial charge in [0.15, 0.2) is 10.8 Å². The Morgan fingerprint density at radius 3 is 2.38 bits per heavy atom. The van der Waals surface area contributed by atoms with Crippen molar-refractivity contribution in [1.29, 1.82) is 0 Å². The van der Waals surface area contributed by atoms with Crippen LogP contribution in [0.5, 0.6) is 0 Å². The van der Waals surface area contributed by atoms with Crippen LogP contribution in [0.4, 0.5) is 0 Å². The Labute approximate surface area is 192 Å². The number of halogens is 1. The van der Waals surface area contributed by atoms with Crippen molar-refractivity contribution < 1.29 is 4.79 Å². The first-order valence-electron chi connectivity index (χ1n) is 9.81. The van der Waals surface area contributed by atoms with E-state index in [1.54, 1.807) is 17.9 Å². The molecule has 0 atom stereocenters. The van der Waals surface area contributed by atoms with Crippen LogP contribution in [0.25, 0.3) is 39.2 Å². The number of ketones is 1. The molecule has 0 aliphatic carbocycles. The number of hydrogen-bond donors (Lipinski definition) is 1. The van der Waals surface area contributed by atoms with E-state index in [-0.39, 0.29) is 5.78 Å². The molecule has 0 spiro atoms. The number of nitrogens with one attached hydrogen (secondary N) is 1. The zero-order valence-electron chi connectivity index (χ0n) is 17.0. The highest BCUT2D eigenvalue weighted by Gasteiger charge is 2.12. The fourth-order valence-corrected chi connectivity index (χ4v) is 4.24. The van der Waals surface area contributed by atoms with Crippen LogP contribution in [0.1, 0.15) is 6.92 Å². The molecule has 3 aromatic heterocycles. The molecule has 0 bridgehead atoms. The van der Waals surface area contributed by atoms with Crippen LogP contribution in [0.2, 0.25) is 5.02 Å². The normalized spacial score (nSPS) is 11.2. The number of H-pyrrole nitrogens is 1. The van der Waals surface area contributed by atoms with E-state index in [0.29, 0.717) is 27.3 Å². The molecule has 5 aromatic rings. The number of pyridine rings is 1. The van der Waals surface area contributed by atoms with Crippen LogP contribution in [-0.2, 0) is 4.79 Å². The highest BCUT2D eigenvalue weighted by atomic mass is 35.5. The van der Waals surface area contributed by atoms with Gasteiger partial charge in [0.2, 0.25) is 0 Å². The number of imidazole rings is 1. The lowest BCUT2D eigenvalue weighted by molar-refractivity contribution is -0.114. The average molecular weight is 461 g/mol. The average Bonchev–Trinajstić information content (AvgIpc) is 3.47. The molecule has 0 saturated heterocycles. The maximum atomic E-state index is 11.2. The summed E-state index contributed by atoms with van der Waals surface area (Å²) in [5.74, 6) is 0.456. The van der Waals surface area contributed by atoms with Crippen LogP contribution in [0.15, 0.2) is 72.4 Å². The Morgan fingerprint density at radius 2 is 1.72 bits per heavy atom. The number of Topliss-reactive ketones (excluding diaryl/α,β-unsaturated/α-hetero) is 1. The van der Waals surface area contributed by atoms with Crippen LogP contribution >= 0.6 is 23.4 Å². The molecule has 0 unspecified atom stereocenters. The lowest BCUT2D eigenvalue weighted by Crippen LogP contribution is -1.93. The van der Waals surface area contributed by atoms with Gasteiger partial charge in [-0.2, -0.15) is 5.10 Å². The van der Waals surface area contributed by atoms with Crippen LogP contribution in [0, 0.1) is 0 Å². The van der Waals surface area contributed by atoms with E-state index in [2.05, 4.69) is 25.0 Å². The Kier molecular flexibility index (Phi) is 5.46. The largest absolute Gasteiger partial charge is 0.331 e. The van der Waals surface area contributed by atoms with E-state index >= 15 is 0 Å². The number of aromatic amines is 1. The Morgan fingerprint density at radius 1 is 1.03 bits per heavy atom. The fourth-order valence-electron chi connectivity index (χ4n) is 3.31. The minimum Gasteiger partial charge on any atom is -0.331 e. The molecule has 1 N–H and O–H groups in total. The Balaban J connectivity index is 1.40. The van der Waals surface area contributed by atoms with Crippen LogP contribution in [0.3, 0.4) is 0 Å². The monoisotopic (exact) mass is 460 g/mol. The number of carbonyl (C=O) groups is 1. The van der Waals surface area contributed by atoms with Gasteiger partial charge in [-0.25, -0.2) is 19.6 Å². The van der Waals surface area contributed by atoms with Gasteiger partial charge in [0, 0.05) is 5.56 Å². The van der Waals surface area contributed by atoms with Crippen molar-refractivity contribution in [3.8, 4) is 28.1 Å². The molecule has 158 valence electrons. The molecule has 5 rings (SSSR count). The van der Waals surface area contributed by atoms with E-state index in [9.17, 15) is 4.79 Å². The summed E-state index contributed by atoms with van der Waals surface area (Å²) in [5, 5.41) is 5.34. The molecule has 0 aliphatic rings. The van der Waals surface area contributed by atoms with Gasteiger partial charge in [-0.1, -0.05) is 59.8 Å². The van der Waals surface area contributed by atoms with Crippen molar-refractivity contribution in [3.63, 3.8) is 0 Å². The number of rotatable bonds is 6. The fraction of sp³-hybridized carbons (Fsp3) is 0.0870. The summed E-state index contributed by atoms with van der Waals surface area (Å²) in [5.41, 5.74) is 6.01. The summed E-state index contributed by atoms with van der Waals surface area (Å²) in [4.78, 5) is 27.5. The number of fused-ring (bicyclic) bond motifs is 1. The Bertz CT molecular complexity index is 1400. The molecule has 3 heterocycles. The zero-order chi connectivity index (χ0) is 22.1. The first kappa shape index (κ1) is 20.4. The summed E-state index contributed by atoms with van der Waals surface area (Å²) in [6.07, 6.45) is 3.18. The lowest BCUT2D eigenvalue weighted by Gasteiger charge is -2.07. The highest BCUT2D eigenvalue weighted by Crippen LogP contribution is 2.31. The van der Waals surface area contributed by atoms with E-state index in [1.165, 1.54) is 18.1 Å². The highest BCUT2D eigenvalue weighted by molar-refractivity contribution is 7.99. The third kappa shape index (κ3) is 4.15. The summed E-state index contributed by atoms with van der Waals surface area (Å²) < 4.78 is 1.72. The third-order valence-corrected chi connectivity index (χ3v) is 6.17. The first-order valence-corrected chi connectivity index (χ1v) is 11.2. The van der Waals surface area contributed by atoms with Gasteiger partial charge in [0.25, 0.3) is 0 Å². The molecule has 9 heteroatoms. The van der Waals surface area contributed by atoms with E-state index in [0.717, 1.165) is 27.9 Å². The van der Waals surface area contributed by atoms with E-state index in [4.69, 9.17) is 11.6 Å². The summed E-state index contributed by atoms with van der Waals surface area (Å²) in [6, 6.07) is 18.0. The topological polar surface area (TPSA) is 89.3 Å². The van der Waals surface area contributed by atoms with Crippen molar-refractivity contribution in [2.24, 2.45) is 0 Å². The third-order valence-electron chi connectivity index (χ3n) is 4.86. The molecule has 0 saturated carbocycles. The molecular formula is C23H17ClN6OS. The van der Waals surface area contributed by atoms with Gasteiger partial charge in [0.1, 0.15) is 18.4 Å². The first-order chi connectivity index (χ1) is 15.6. The molecular weight excluding hydrogens is 444 g/mol. The minimum atomic E-state index is 0.0928. The molecule has 2 aromatic carbocycles. The van der Waals surface area contributed by atoms with Gasteiger partial charge in [-0.05, 0) is 36.2 Å². The SMILES string of the molecule is CC(=O)CSc1nc2nc(-c3ccc(-c4ccc(-n5cncn5)cc4)cc3)c(Cl)cc2[nH]1. The van der Waals surface area contributed by atoms with Crippen LogP contribution < -0.4 is 0 Å². The van der Waals surface area contributed by atoms with Crippen molar-refractivity contribution in [2.75, 3.05) is 5.75 Å². The molecule has 7 nitrogen and oxygen atoms in total. The smallest absolute Gasteiger partial charge is 0.179 e. The lowest BCUT2D eigenvalue weighted by atomic mass is 10.0. The van der Waals surface area contributed by atoms with Gasteiger partial charge in [-0.3, -0.25) is 4.79 Å². The van der Waals surface area contributed by atoms with Gasteiger partial charge in [0.05, 0.1) is 27.7 Å².